The molecule has 0 heterocycles. The normalized spacial score (nSPS) is 10.4. The van der Waals surface area contributed by atoms with E-state index in [1.807, 2.05) is 19.2 Å². The number of likely N-dealkylation sites (N-methyl/N-ethyl adjacent to an activating group) is 1. The Morgan fingerprint density at radius 2 is 2.00 bits per heavy atom. The Bertz CT molecular complexity index is 394. The second kappa shape index (κ2) is 8.36. The number of rotatable bonds is 4. The Morgan fingerprint density at radius 1 is 1.42 bits per heavy atom. The third-order valence-corrected chi connectivity index (χ3v) is 2.04. The number of aliphatic carboxylic acids is 1. The first-order chi connectivity index (χ1) is 8.81. The van der Waals surface area contributed by atoms with Crippen LogP contribution in [-0.4, -0.2) is 38.0 Å². The molecule has 1 aromatic rings. The fourth-order valence-corrected chi connectivity index (χ4v) is 1.10. The molecule has 2 N–H and O–H groups in total. The highest BCUT2D eigenvalue weighted by atomic mass is 19.4. The van der Waals surface area contributed by atoms with Crippen LogP contribution in [0.3, 0.4) is 0 Å². The predicted octanol–water partition coefficient (Wildman–Crippen LogP) is 2.09. The van der Waals surface area contributed by atoms with E-state index in [-0.39, 0.29) is 0 Å². The van der Waals surface area contributed by atoms with E-state index >= 15 is 0 Å². The minimum absolute atomic E-state index is 0.934. The average molecular weight is 279 g/mol. The molecule has 0 saturated carbocycles. The zero-order valence-corrected chi connectivity index (χ0v) is 10.6. The molecule has 108 valence electrons. The van der Waals surface area contributed by atoms with Crippen molar-refractivity contribution in [2.75, 3.05) is 20.7 Å². The lowest BCUT2D eigenvalue weighted by molar-refractivity contribution is -0.192. The molecule has 1 rings (SSSR count). The Kier molecular flexibility index (Phi) is 7.59. The van der Waals surface area contributed by atoms with Gasteiger partial charge < -0.3 is 15.2 Å². The first kappa shape index (κ1) is 17.2. The SMILES string of the molecule is CNCCc1cccc(OC)c1.O=C(O)C(F)(F)F. The van der Waals surface area contributed by atoms with Gasteiger partial charge in [-0.05, 0) is 37.7 Å². The van der Waals surface area contributed by atoms with Crippen molar-refractivity contribution in [2.24, 2.45) is 0 Å². The zero-order valence-electron chi connectivity index (χ0n) is 10.6. The van der Waals surface area contributed by atoms with Gasteiger partial charge in [0.05, 0.1) is 7.11 Å². The number of carbonyl (C=O) groups is 1. The summed E-state index contributed by atoms with van der Waals surface area (Å²) in [4.78, 5) is 8.90. The monoisotopic (exact) mass is 279 g/mol. The van der Waals surface area contributed by atoms with Crippen LogP contribution in [0.5, 0.6) is 5.75 Å². The van der Waals surface area contributed by atoms with Crippen LogP contribution in [0, 0.1) is 0 Å². The van der Waals surface area contributed by atoms with Gasteiger partial charge in [-0.25, -0.2) is 4.79 Å². The molecule has 0 aliphatic carbocycles. The molecule has 0 bridgehead atoms. The molecule has 0 fully saturated rings. The van der Waals surface area contributed by atoms with Gasteiger partial charge in [-0.2, -0.15) is 13.2 Å². The minimum Gasteiger partial charge on any atom is -0.497 e. The Labute approximate surface area is 109 Å². The molecule has 0 atom stereocenters. The van der Waals surface area contributed by atoms with Crippen LogP contribution in [0.1, 0.15) is 5.56 Å². The van der Waals surface area contributed by atoms with Crippen LogP contribution in [0.25, 0.3) is 0 Å². The third-order valence-electron chi connectivity index (χ3n) is 2.04. The van der Waals surface area contributed by atoms with Crippen molar-refractivity contribution in [2.45, 2.75) is 12.6 Å². The van der Waals surface area contributed by atoms with Crippen molar-refractivity contribution < 1.29 is 27.8 Å². The van der Waals surface area contributed by atoms with Gasteiger partial charge >= 0.3 is 12.1 Å². The number of halogens is 3. The fourth-order valence-electron chi connectivity index (χ4n) is 1.10. The molecule has 0 unspecified atom stereocenters. The maximum atomic E-state index is 10.6. The number of ether oxygens (including phenoxy) is 1. The topological polar surface area (TPSA) is 58.6 Å². The molecule has 1 aromatic carbocycles. The summed E-state index contributed by atoms with van der Waals surface area (Å²) >= 11 is 0. The van der Waals surface area contributed by atoms with E-state index in [1.165, 1.54) is 5.56 Å². The molecule has 0 spiro atoms. The maximum absolute atomic E-state index is 10.6. The summed E-state index contributed by atoms with van der Waals surface area (Å²) in [7, 11) is 3.65. The van der Waals surface area contributed by atoms with Crippen molar-refractivity contribution in [1.82, 2.24) is 5.32 Å². The van der Waals surface area contributed by atoms with E-state index < -0.39 is 12.1 Å². The van der Waals surface area contributed by atoms with Gasteiger partial charge in [0, 0.05) is 0 Å². The standard InChI is InChI=1S/C10H15NO.C2HF3O2/c1-11-7-6-9-4-3-5-10(8-9)12-2;3-2(4,5)1(6)7/h3-5,8,11H,6-7H2,1-2H3;(H,6,7). The average Bonchev–Trinajstić information content (AvgIpc) is 2.36. The first-order valence-electron chi connectivity index (χ1n) is 5.39. The molecule has 7 heteroatoms. The minimum atomic E-state index is -5.08. The lowest BCUT2D eigenvalue weighted by Gasteiger charge is -2.03. The lowest BCUT2D eigenvalue weighted by atomic mass is 10.1. The van der Waals surface area contributed by atoms with Gasteiger partial charge in [-0.1, -0.05) is 12.1 Å². The number of carboxylic acids is 1. The number of hydrogen-bond acceptors (Lipinski definition) is 3. The highest BCUT2D eigenvalue weighted by molar-refractivity contribution is 5.73. The fraction of sp³-hybridized carbons (Fsp3) is 0.417. The van der Waals surface area contributed by atoms with Gasteiger partial charge in [-0.3, -0.25) is 0 Å². The molecule has 0 amide bonds. The third kappa shape index (κ3) is 8.04. The summed E-state index contributed by atoms with van der Waals surface area (Å²) in [6, 6.07) is 8.16. The molecule has 0 saturated heterocycles. The quantitative estimate of drug-likeness (QED) is 0.886. The van der Waals surface area contributed by atoms with Crippen molar-refractivity contribution in [1.29, 1.82) is 0 Å². The highest BCUT2D eigenvalue weighted by Crippen LogP contribution is 2.13. The number of alkyl halides is 3. The van der Waals surface area contributed by atoms with E-state index in [1.54, 1.807) is 7.11 Å². The van der Waals surface area contributed by atoms with Gasteiger partial charge in [0.1, 0.15) is 5.75 Å². The molecule has 0 radical (unpaired) electrons. The Balaban J connectivity index is 0.000000399. The molecule has 0 aromatic heterocycles. The molecule has 19 heavy (non-hydrogen) atoms. The number of methoxy groups -OCH3 is 1. The van der Waals surface area contributed by atoms with E-state index in [0.29, 0.717) is 0 Å². The van der Waals surface area contributed by atoms with Crippen molar-refractivity contribution in [3.63, 3.8) is 0 Å². The summed E-state index contributed by atoms with van der Waals surface area (Å²) in [6.07, 6.45) is -4.03. The van der Waals surface area contributed by atoms with Crippen LogP contribution in [-0.2, 0) is 11.2 Å². The first-order valence-corrected chi connectivity index (χ1v) is 5.39. The highest BCUT2D eigenvalue weighted by Gasteiger charge is 2.38. The lowest BCUT2D eigenvalue weighted by Crippen LogP contribution is -2.21. The summed E-state index contributed by atoms with van der Waals surface area (Å²) in [5.74, 6) is -1.82. The number of carboxylic acid groups (broad SMARTS) is 1. The van der Waals surface area contributed by atoms with Gasteiger partial charge in [-0.15, -0.1) is 0 Å². The molecule has 4 nitrogen and oxygen atoms in total. The van der Waals surface area contributed by atoms with E-state index in [9.17, 15) is 13.2 Å². The van der Waals surface area contributed by atoms with Crippen LogP contribution in [0.15, 0.2) is 24.3 Å². The molecular formula is C12H16F3NO3. The van der Waals surface area contributed by atoms with E-state index in [4.69, 9.17) is 14.6 Å². The van der Waals surface area contributed by atoms with Crippen molar-refractivity contribution in [3.05, 3.63) is 29.8 Å². The largest absolute Gasteiger partial charge is 0.497 e. The Morgan fingerprint density at radius 3 is 2.42 bits per heavy atom. The second-order valence-electron chi connectivity index (χ2n) is 3.51. The van der Waals surface area contributed by atoms with E-state index in [2.05, 4.69) is 17.4 Å². The van der Waals surface area contributed by atoms with Crippen LogP contribution < -0.4 is 10.1 Å². The van der Waals surface area contributed by atoms with Crippen LogP contribution in [0.2, 0.25) is 0 Å². The van der Waals surface area contributed by atoms with Crippen LogP contribution >= 0.6 is 0 Å². The van der Waals surface area contributed by atoms with Crippen molar-refractivity contribution >= 4 is 5.97 Å². The zero-order chi connectivity index (χ0) is 14.9. The number of benzene rings is 1. The number of nitrogens with one attached hydrogen (secondary N) is 1. The summed E-state index contributed by atoms with van der Waals surface area (Å²) < 4.78 is 36.9. The predicted molar refractivity (Wildman–Crippen MR) is 64.3 cm³/mol. The summed E-state index contributed by atoms with van der Waals surface area (Å²) in [6.45, 7) is 1.01. The molecule has 0 aliphatic heterocycles. The number of hydrogen-bond donors (Lipinski definition) is 2. The molecular weight excluding hydrogens is 263 g/mol. The summed E-state index contributed by atoms with van der Waals surface area (Å²) in [5, 5.41) is 10.2. The smallest absolute Gasteiger partial charge is 0.490 e. The summed E-state index contributed by atoms with van der Waals surface area (Å²) in [5.41, 5.74) is 1.31. The van der Waals surface area contributed by atoms with Gasteiger partial charge in [0.2, 0.25) is 0 Å². The maximum Gasteiger partial charge on any atom is 0.490 e. The second-order valence-corrected chi connectivity index (χ2v) is 3.51. The van der Waals surface area contributed by atoms with E-state index in [0.717, 1.165) is 18.7 Å². The van der Waals surface area contributed by atoms with Crippen LogP contribution in [0.4, 0.5) is 13.2 Å². The molecule has 0 aliphatic rings. The van der Waals surface area contributed by atoms with Gasteiger partial charge in [0.25, 0.3) is 0 Å². The van der Waals surface area contributed by atoms with Gasteiger partial charge in [0.15, 0.2) is 0 Å². The van der Waals surface area contributed by atoms with Crippen molar-refractivity contribution in [3.8, 4) is 5.75 Å². The Hall–Kier alpha value is -1.76.